The molecule has 3 N–H and O–H groups in total. The van der Waals surface area contributed by atoms with Gasteiger partial charge in [0.25, 0.3) is 0 Å². The first-order chi connectivity index (χ1) is 19.5. The van der Waals surface area contributed by atoms with Crippen LogP contribution >= 0.6 is 46.3 Å². The minimum atomic E-state index is -0.554. The highest BCUT2D eigenvalue weighted by atomic mass is 35.5. The molecule has 0 saturated carbocycles. The van der Waals surface area contributed by atoms with Crippen LogP contribution in [0.25, 0.3) is 0 Å². The zero-order valence-corrected chi connectivity index (χ0v) is 25.6. The van der Waals surface area contributed by atoms with Crippen LogP contribution in [0.4, 0.5) is 10.8 Å². The van der Waals surface area contributed by atoms with Gasteiger partial charge in [-0.25, -0.2) is 0 Å². The quantitative estimate of drug-likeness (QED) is 0.286. The normalized spacial score (nSPS) is 18.3. The van der Waals surface area contributed by atoms with Gasteiger partial charge in [0.05, 0.1) is 34.0 Å². The zero-order chi connectivity index (χ0) is 29.5. The molecule has 0 saturated heterocycles. The van der Waals surface area contributed by atoms with Gasteiger partial charge in [0.15, 0.2) is 10.1 Å². The Bertz CT molecular complexity index is 1670. The average Bonchev–Trinajstić information content (AvgIpc) is 3.36. The van der Waals surface area contributed by atoms with Crippen LogP contribution in [0.3, 0.4) is 0 Å². The molecule has 0 bridgehead atoms. The number of allylic oxidation sites excluding steroid dienone is 3. The maximum atomic E-state index is 13.7. The van der Waals surface area contributed by atoms with Crippen molar-refractivity contribution in [2.24, 2.45) is 11.1 Å². The van der Waals surface area contributed by atoms with Gasteiger partial charge in [0.1, 0.15) is 5.82 Å². The number of nitriles is 1. The number of ketones is 1. The maximum Gasteiger partial charge on any atom is 0.234 e. The Labute approximate surface area is 256 Å². The SMILES string of the molecule is Cc1ccccc1C1C(C#N)=C(N)N(c2nnc(SCC(=O)Nc3ccc(Cl)cc3Cl)s2)C2=C1C(=O)CC(C)(C)C2. The number of halogens is 2. The molecule has 5 rings (SSSR count). The summed E-state index contributed by atoms with van der Waals surface area (Å²) in [5.74, 6) is -0.539. The summed E-state index contributed by atoms with van der Waals surface area (Å²) in [7, 11) is 0. The summed E-state index contributed by atoms with van der Waals surface area (Å²) in [4.78, 5) is 28.0. The molecule has 12 heteroatoms. The number of benzene rings is 2. The molecular weight excluding hydrogens is 599 g/mol. The van der Waals surface area contributed by atoms with E-state index in [4.69, 9.17) is 28.9 Å². The van der Waals surface area contributed by atoms with Gasteiger partial charge in [-0.2, -0.15) is 5.26 Å². The standard InChI is InChI=1S/C29H26Cl2N6O2S2/c1-15-6-4-5-7-17(15)24-18(13-32)26(33)37(21-11-29(2,3)12-22(38)25(21)24)27-35-36-28(41-27)40-14-23(39)34-20-9-8-16(30)10-19(20)31/h4-10,24H,11-12,14,33H2,1-3H3,(H,34,39). The Kier molecular flexibility index (Phi) is 8.17. The maximum absolute atomic E-state index is 13.7. The van der Waals surface area contributed by atoms with Crippen LogP contribution in [0.15, 0.2) is 69.5 Å². The third kappa shape index (κ3) is 5.86. The molecular formula is C29H26Cl2N6O2S2. The van der Waals surface area contributed by atoms with Crippen LogP contribution in [0.5, 0.6) is 0 Å². The summed E-state index contributed by atoms with van der Waals surface area (Å²) in [6.07, 6.45) is 0.937. The number of nitrogens with two attached hydrogens (primary N) is 1. The van der Waals surface area contributed by atoms with Gasteiger partial charge in [-0.3, -0.25) is 14.5 Å². The molecule has 1 atom stereocenters. The number of nitrogens with one attached hydrogen (secondary N) is 1. The predicted octanol–water partition coefficient (Wildman–Crippen LogP) is 6.83. The minimum Gasteiger partial charge on any atom is -0.384 e. The highest BCUT2D eigenvalue weighted by Crippen LogP contribution is 2.51. The van der Waals surface area contributed by atoms with E-state index in [0.717, 1.165) is 16.8 Å². The Balaban J connectivity index is 1.46. The van der Waals surface area contributed by atoms with E-state index in [1.54, 1.807) is 23.1 Å². The molecule has 1 aliphatic carbocycles. The first-order valence-corrected chi connectivity index (χ1v) is 15.3. The predicted molar refractivity (Wildman–Crippen MR) is 164 cm³/mol. The number of carbonyl (C=O) groups excluding carboxylic acids is 2. The third-order valence-electron chi connectivity index (χ3n) is 7.00. The summed E-state index contributed by atoms with van der Waals surface area (Å²) in [5, 5.41) is 22.9. The molecule has 1 aliphatic heterocycles. The highest BCUT2D eigenvalue weighted by Gasteiger charge is 2.45. The highest BCUT2D eigenvalue weighted by molar-refractivity contribution is 8.01. The van der Waals surface area contributed by atoms with Gasteiger partial charge >= 0.3 is 0 Å². The number of rotatable bonds is 6. The van der Waals surface area contributed by atoms with E-state index in [2.05, 4.69) is 21.6 Å². The van der Waals surface area contributed by atoms with Gasteiger partial charge in [0.2, 0.25) is 11.0 Å². The van der Waals surface area contributed by atoms with Crippen molar-refractivity contribution in [2.75, 3.05) is 16.0 Å². The fourth-order valence-electron chi connectivity index (χ4n) is 5.20. The van der Waals surface area contributed by atoms with Gasteiger partial charge in [-0.15, -0.1) is 10.2 Å². The lowest BCUT2D eigenvalue weighted by Gasteiger charge is -2.42. The van der Waals surface area contributed by atoms with Crippen LogP contribution in [0.2, 0.25) is 10.0 Å². The van der Waals surface area contributed by atoms with E-state index in [9.17, 15) is 14.9 Å². The zero-order valence-electron chi connectivity index (χ0n) is 22.5. The number of amides is 1. The summed E-state index contributed by atoms with van der Waals surface area (Å²) in [6.45, 7) is 6.06. The number of aryl methyl sites for hydroxylation is 1. The summed E-state index contributed by atoms with van der Waals surface area (Å²) in [6, 6.07) is 14.9. The number of anilines is 2. The van der Waals surface area contributed by atoms with Crippen molar-refractivity contribution >= 4 is 68.8 Å². The summed E-state index contributed by atoms with van der Waals surface area (Å²) < 4.78 is 0.535. The molecule has 210 valence electrons. The third-order valence-corrected chi connectivity index (χ3v) is 9.59. The Hall–Kier alpha value is -3.36. The molecule has 1 unspecified atom stereocenters. The number of hydrogen-bond acceptors (Lipinski definition) is 9. The fraction of sp³-hybridized carbons (Fsp3) is 0.276. The Morgan fingerprint density at radius 1 is 1.24 bits per heavy atom. The van der Waals surface area contributed by atoms with Crippen molar-refractivity contribution in [2.45, 2.75) is 43.9 Å². The Morgan fingerprint density at radius 3 is 2.71 bits per heavy atom. The molecule has 1 aromatic heterocycles. The van der Waals surface area contributed by atoms with Crippen LogP contribution in [-0.2, 0) is 9.59 Å². The van der Waals surface area contributed by atoms with Gasteiger partial charge in [-0.05, 0) is 48.1 Å². The van der Waals surface area contributed by atoms with Crippen molar-refractivity contribution < 1.29 is 9.59 Å². The van der Waals surface area contributed by atoms with E-state index in [-0.39, 0.29) is 28.7 Å². The van der Waals surface area contributed by atoms with Gasteiger partial charge < -0.3 is 11.1 Å². The lowest BCUT2D eigenvalue weighted by molar-refractivity contribution is -0.118. The number of hydrogen-bond donors (Lipinski definition) is 2. The smallest absolute Gasteiger partial charge is 0.234 e. The molecule has 0 spiro atoms. The summed E-state index contributed by atoms with van der Waals surface area (Å²) >= 11 is 14.5. The van der Waals surface area contributed by atoms with E-state index in [1.165, 1.54) is 23.1 Å². The molecule has 2 heterocycles. The molecule has 0 fully saturated rings. The largest absolute Gasteiger partial charge is 0.384 e. The Morgan fingerprint density at radius 2 is 2.00 bits per heavy atom. The van der Waals surface area contributed by atoms with E-state index in [0.29, 0.717) is 49.2 Å². The first-order valence-electron chi connectivity index (χ1n) is 12.7. The van der Waals surface area contributed by atoms with Crippen LogP contribution in [0, 0.1) is 23.7 Å². The van der Waals surface area contributed by atoms with Crippen molar-refractivity contribution in [1.82, 2.24) is 10.2 Å². The van der Waals surface area contributed by atoms with Crippen LogP contribution < -0.4 is 16.0 Å². The lowest BCUT2D eigenvalue weighted by Crippen LogP contribution is -2.42. The van der Waals surface area contributed by atoms with Crippen molar-refractivity contribution in [1.29, 1.82) is 5.26 Å². The molecule has 41 heavy (non-hydrogen) atoms. The fourth-order valence-corrected chi connectivity index (χ4v) is 7.34. The average molecular weight is 626 g/mol. The minimum absolute atomic E-state index is 0.00796. The van der Waals surface area contributed by atoms with Gasteiger partial charge in [-0.1, -0.05) is 84.4 Å². The number of carbonyl (C=O) groups is 2. The van der Waals surface area contributed by atoms with Crippen LogP contribution in [-0.4, -0.2) is 27.6 Å². The molecule has 3 aromatic rings. The molecule has 2 aliphatic rings. The number of nitrogens with zero attached hydrogens (tertiary/aromatic N) is 4. The van der Waals surface area contributed by atoms with Crippen molar-refractivity contribution in [3.05, 3.63) is 86.3 Å². The number of thioether (sulfide) groups is 1. The summed E-state index contributed by atoms with van der Waals surface area (Å²) in [5.41, 5.74) is 10.3. The molecule has 2 aromatic carbocycles. The van der Waals surface area contributed by atoms with E-state index < -0.39 is 5.92 Å². The molecule has 1 amide bonds. The van der Waals surface area contributed by atoms with Crippen molar-refractivity contribution in [3.8, 4) is 6.07 Å². The second kappa shape index (κ2) is 11.5. The van der Waals surface area contributed by atoms with E-state index >= 15 is 0 Å². The van der Waals surface area contributed by atoms with E-state index in [1.807, 2.05) is 45.0 Å². The monoisotopic (exact) mass is 624 g/mol. The number of aromatic nitrogens is 2. The van der Waals surface area contributed by atoms with Crippen LogP contribution in [0.1, 0.15) is 43.7 Å². The second-order valence-electron chi connectivity index (χ2n) is 10.6. The topological polar surface area (TPSA) is 125 Å². The second-order valence-corrected chi connectivity index (χ2v) is 13.7. The van der Waals surface area contributed by atoms with Gasteiger partial charge in [0, 0.05) is 22.7 Å². The molecule has 0 radical (unpaired) electrons. The van der Waals surface area contributed by atoms with Crippen molar-refractivity contribution in [3.63, 3.8) is 0 Å². The number of Topliss-reactive ketones (excluding diaryl/α,β-unsaturated/α-hetero) is 1. The molecule has 8 nitrogen and oxygen atoms in total. The first kappa shape index (κ1) is 29.1. The lowest BCUT2D eigenvalue weighted by atomic mass is 9.68.